The number of carbonyl (C=O) groups excluding carboxylic acids is 1. The summed E-state index contributed by atoms with van der Waals surface area (Å²) >= 11 is 11.0. The maximum absolute atomic E-state index is 12.1. The van der Waals surface area contributed by atoms with Crippen LogP contribution in [-0.4, -0.2) is 11.7 Å². The molecule has 1 fully saturated rings. The van der Waals surface area contributed by atoms with Crippen molar-refractivity contribution in [2.75, 3.05) is 10.7 Å². The molecule has 3 nitrogen and oxygen atoms in total. The number of hydrogen-bond donors (Lipinski definition) is 0. The fraction of sp³-hybridized carbons (Fsp3) is 0.154. The molecule has 1 unspecified atom stereocenters. The molecule has 1 aliphatic heterocycles. The highest BCUT2D eigenvalue weighted by atomic mass is 79.9. The topological polar surface area (TPSA) is 33.5 Å². The maximum Gasteiger partial charge on any atom is 0.238 e. The molecular weight excluding hydrogens is 350 g/mol. The Morgan fingerprint density at radius 2 is 2.11 bits per heavy atom. The lowest BCUT2D eigenvalue weighted by Gasteiger charge is -2.23. The number of thioether (sulfide) groups is 1. The summed E-state index contributed by atoms with van der Waals surface area (Å²) in [5, 5.41) is 0.396. The number of para-hydroxylation sites is 1. The first-order valence-electron chi connectivity index (χ1n) is 5.60. The molecule has 98 valence electrons. The summed E-state index contributed by atoms with van der Waals surface area (Å²) in [7, 11) is 0. The second-order valence-electron chi connectivity index (χ2n) is 4.02. The van der Waals surface area contributed by atoms with Gasteiger partial charge in [0.1, 0.15) is 11.1 Å². The molecule has 2 heterocycles. The van der Waals surface area contributed by atoms with Crippen LogP contribution in [0.3, 0.4) is 0 Å². The van der Waals surface area contributed by atoms with Gasteiger partial charge in [-0.25, -0.2) is 0 Å². The van der Waals surface area contributed by atoms with E-state index in [0.717, 1.165) is 11.4 Å². The predicted molar refractivity (Wildman–Crippen MR) is 80.5 cm³/mol. The van der Waals surface area contributed by atoms with E-state index < -0.39 is 0 Å². The third kappa shape index (κ3) is 2.42. The van der Waals surface area contributed by atoms with E-state index in [1.165, 1.54) is 11.8 Å². The lowest BCUT2D eigenvalue weighted by atomic mass is 10.2. The Balaban J connectivity index is 2.02. The average Bonchev–Trinajstić information content (AvgIpc) is 2.96. The van der Waals surface area contributed by atoms with Crippen molar-refractivity contribution in [3.05, 3.63) is 51.9 Å². The van der Waals surface area contributed by atoms with E-state index in [2.05, 4.69) is 15.9 Å². The number of furan rings is 1. The molecule has 1 saturated heterocycles. The van der Waals surface area contributed by atoms with Crippen LogP contribution in [0.15, 0.2) is 45.5 Å². The van der Waals surface area contributed by atoms with E-state index in [-0.39, 0.29) is 11.3 Å². The summed E-state index contributed by atoms with van der Waals surface area (Å²) in [6.07, 6.45) is 0. The summed E-state index contributed by atoms with van der Waals surface area (Å²) in [6.45, 7) is 0. The largest absolute Gasteiger partial charge is 0.451 e. The van der Waals surface area contributed by atoms with Crippen molar-refractivity contribution in [3.8, 4) is 0 Å². The lowest BCUT2D eigenvalue weighted by Crippen LogP contribution is -2.27. The molecule has 0 saturated carbocycles. The van der Waals surface area contributed by atoms with Crippen LogP contribution in [0.4, 0.5) is 5.69 Å². The van der Waals surface area contributed by atoms with Crippen molar-refractivity contribution in [1.29, 1.82) is 0 Å². The first-order valence-corrected chi connectivity index (χ1v) is 7.82. The van der Waals surface area contributed by atoms with Gasteiger partial charge in [-0.2, -0.15) is 0 Å². The van der Waals surface area contributed by atoms with Crippen LogP contribution in [-0.2, 0) is 4.79 Å². The van der Waals surface area contributed by atoms with Crippen LogP contribution in [0, 0.1) is 0 Å². The maximum atomic E-state index is 12.1. The van der Waals surface area contributed by atoms with Gasteiger partial charge >= 0.3 is 0 Å². The van der Waals surface area contributed by atoms with Crippen molar-refractivity contribution >= 4 is 50.9 Å². The minimum atomic E-state index is -0.168. The van der Waals surface area contributed by atoms with E-state index in [1.807, 2.05) is 30.3 Å². The fourth-order valence-electron chi connectivity index (χ4n) is 2.00. The van der Waals surface area contributed by atoms with Gasteiger partial charge in [0.15, 0.2) is 4.67 Å². The second kappa shape index (κ2) is 5.23. The van der Waals surface area contributed by atoms with Crippen molar-refractivity contribution < 1.29 is 9.21 Å². The van der Waals surface area contributed by atoms with Crippen molar-refractivity contribution in [2.24, 2.45) is 0 Å². The molecule has 3 rings (SSSR count). The molecular formula is C13H9BrClNO2S. The number of anilines is 1. The zero-order chi connectivity index (χ0) is 13.4. The van der Waals surface area contributed by atoms with Gasteiger partial charge in [0.25, 0.3) is 0 Å². The van der Waals surface area contributed by atoms with Crippen molar-refractivity contribution in [2.45, 2.75) is 5.37 Å². The van der Waals surface area contributed by atoms with Crippen LogP contribution in [0.25, 0.3) is 0 Å². The molecule has 1 amide bonds. The molecule has 0 N–H and O–H groups in total. The third-order valence-corrected chi connectivity index (χ3v) is 4.74. The molecule has 1 aromatic heterocycles. The van der Waals surface area contributed by atoms with Gasteiger partial charge in [-0.3, -0.25) is 9.69 Å². The van der Waals surface area contributed by atoms with E-state index in [9.17, 15) is 4.79 Å². The highest BCUT2D eigenvalue weighted by Crippen LogP contribution is 2.44. The number of halogens is 2. The second-order valence-corrected chi connectivity index (χ2v) is 6.28. The van der Waals surface area contributed by atoms with E-state index in [1.54, 1.807) is 11.0 Å². The first kappa shape index (κ1) is 13.1. The van der Waals surface area contributed by atoms with Crippen molar-refractivity contribution in [1.82, 2.24) is 0 Å². The molecule has 0 radical (unpaired) electrons. The van der Waals surface area contributed by atoms with E-state index in [4.69, 9.17) is 16.0 Å². The Bertz CT molecular complexity index is 631. The SMILES string of the molecule is O=C1CSC(c2ccc(Br)o2)N1c1ccccc1Cl. The number of hydrogen-bond acceptors (Lipinski definition) is 3. The number of benzene rings is 1. The van der Waals surface area contributed by atoms with Crippen LogP contribution >= 0.6 is 39.3 Å². The van der Waals surface area contributed by atoms with E-state index in [0.29, 0.717) is 15.4 Å². The summed E-state index contributed by atoms with van der Waals surface area (Å²) in [6, 6.07) is 11.0. The van der Waals surface area contributed by atoms with Crippen molar-refractivity contribution in [3.63, 3.8) is 0 Å². The van der Waals surface area contributed by atoms with Gasteiger partial charge in [0.2, 0.25) is 5.91 Å². The minimum Gasteiger partial charge on any atom is -0.451 e. The highest BCUT2D eigenvalue weighted by molar-refractivity contribution is 9.10. The number of carbonyl (C=O) groups is 1. The lowest BCUT2D eigenvalue weighted by molar-refractivity contribution is -0.115. The summed E-state index contributed by atoms with van der Waals surface area (Å²) in [5.74, 6) is 1.20. The number of amides is 1. The molecule has 1 aromatic carbocycles. The number of nitrogens with zero attached hydrogens (tertiary/aromatic N) is 1. The Kier molecular flexibility index (Phi) is 3.60. The first-order chi connectivity index (χ1) is 9.16. The van der Waals surface area contributed by atoms with Crippen LogP contribution < -0.4 is 4.90 Å². The summed E-state index contributed by atoms with van der Waals surface area (Å²) < 4.78 is 6.22. The molecule has 6 heteroatoms. The predicted octanol–water partition coefficient (Wildman–Crippen LogP) is 4.47. The van der Waals surface area contributed by atoms with E-state index >= 15 is 0 Å². The minimum absolute atomic E-state index is 0.0376. The summed E-state index contributed by atoms with van der Waals surface area (Å²) in [4.78, 5) is 13.8. The molecule has 2 aromatic rings. The molecule has 0 spiro atoms. The van der Waals surface area contributed by atoms with Gasteiger partial charge in [-0.15, -0.1) is 11.8 Å². The van der Waals surface area contributed by atoms with Crippen LogP contribution in [0.2, 0.25) is 5.02 Å². The quantitative estimate of drug-likeness (QED) is 0.794. The standard InChI is InChI=1S/C13H9BrClNO2S/c14-11-6-5-10(18-11)13-16(12(17)7-19-13)9-4-2-1-3-8(9)15/h1-6,13H,7H2. The zero-order valence-electron chi connectivity index (χ0n) is 9.68. The smallest absolute Gasteiger partial charge is 0.238 e. The Morgan fingerprint density at radius 1 is 1.32 bits per heavy atom. The van der Waals surface area contributed by atoms with Gasteiger partial charge in [0, 0.05) is 0 Å². The molecule has 19 heavy (non-hydrogen) atoms. The molecule has 0 bridgehead atoms. The van der Waals surface area contributed by atoms with Crippen LogP contribution in [0.1, 0.15) is 11.1 Å². The number of rotatable bonds is 2. The Morgan fingerprint density at radius 3 is 2.79 bits per heavy atom. The average molecular weight is 359 g/mol. The van der Waals surface area contributed by atoms with Crippen LogP contribution in [0.5, 0.6) is 0 Å². The normalized spacial score (nSPS) is 19.2. The Labute approximate surface area is 128 Å². The molecule has 1 aliphatic rings. The van der Waals surface area contributed by atoms with Gasteiger partial charge < -0.3 is 4.42 Å². The molecule has 0 aliphatic carbocycles. The summed E-state index contributed by atoms with van der Waals surface area (Å²) in [5.41, 5.74) is 0.719. The van der Waals surface area contributed by atoms with Gasteiger partial charge in [-0.1, -0.05) is 23.7 Å². The van der Waals surface area contributed by atoms with Gasteiger partial charge in [-0.05, 0) is 40.2 Å². The Hall–Kier alpha value is -0.910. The van der Waals surface area contributed by atoms with Gasteiger partial charge in [0.05, 0.1) is 16.5 Å². The molecule has 1 atom stereocenters. The fourth-order valence-corrected chi connectivity index (χ4v) is 3.66. The zero-order valence-corrected chi connectivity index (χ0v) is 12.8. The monoisotopic (exact) mass is 357 g/mol. The third-order valence-electron chi connectivity index (χ3n) is 2.82. The highest BCUT2D eigenvalue weighted by Gasteiger charge is 2.36.